The molecule has 0 spiro atoms. The van der Waals surface area contributed by atoms with Crippen molar-refractivity contribution in [2.45, 2.75) is 13.8 Å². The van der Waals surface area contributed by atoms with E-state index in [9.17, 15) is 4.79 Å². The molecule has 0 saturated heterocycles. The quantitative estimate of drug-likeness (QED) is 0.643. The average molecular weight is 235 g/mol. The van der Waals surface area contributed by atoms with Crippen LogP contribution in [0.5, 0.6) is 0 Å². The van der Waals surface area contributed by atoms with Gasteiger partial charge in [-0.05, 0) is 24.7 Å². The first-order chi connectivity index (χ1) is 8.24. The van der Waals surface area contributed by atoms with E-state index >= 15 is 0 Å². The SMILES string of the molecule is CCNCC.COC(=O)/C=C/c1ccccc1. The second-order valence-electron chi connectivity index (χ2n) is 3.22. The summed E-state index contributed by atoms with van der Waals surface area (Å²) in [5.41, 5.74) is 0.989. The van der Waals surface area contributed by atoms with Gasteiger partial charge >= 0.3 is 5.97 Å². The summed E-state index contributed by atoms with van der Waals surface area (Å²) >= 11 is 0. The average Bonchev–Trinajstić information content (AvgIpc) is 2.39. The maximum Gasteiger partial charge on any atom is 0.330 e. The monoisotopic (exact) mass is 235 g/mol. The topological polar surface area (TPSA) is 38.3 Å². The normalized spacial score (nSPS) is 9.59. The Bertz CT molecular complexity index is 318. The van der Waals surface area contributed by atoms with Crippen LogP contribution in [0.3, 0.4) is 0 Å². The molecule has 3 heteroatoms. The Morgan fingerprint density at radius 3 is 2.24 bits per heavy atom. The molecule has 0 saturated carbocycles. The highest BCUT2D eigenvalue weighted by Crippen LogP contribution is 2.00. The first-order valence-electron chi connectivity index (χ1n) is 5.76. The van der Waals surface area contributed by atoms with Gasteiger partial charge in [-0.15, -0.1) is 0 Å². The number of carbonyl (C=O) groups excluding carboxylic acids is 1. The summed E-state index contributed by atoms with van der Waals surface area (Å²) in [6.45, 7) is 6.39. The molecular formula is C14H21NO2. The fourth-order valence-corrected chi connectivity index (χ4v) is 1.05. The number of hydrogen-bond acceptors (Lipinski definition) is 3. The Kier molecular flexibility index (Phi) is 9.86. The van der Waals surface area contributed by atoms with Crippen molar-refractivity contribution in [3.05, 3.63) is 42.0 Å². The third-order valence-electron chi connectivity index (χ3n) is 1.91. The molecule has 3 nitrogen and oxygen atoms in total. The van der Waals surface area contributed by atoms with Gasteiger partial charge in [0.25, 0.3) is 0 Å². The summed E-state index contributed by atoms with van der Waals surface area (Å²) in [5.74, 6) is -0.334. The molecule has 1 aromatic rings. The standard InChI is InChI=1S/C10H10O2.C4H11N/c1-12-10(11)8-7-9-5-3-2-4-6-9;1-3-5-4-2/h2-8H,1H3;5H,3-4H2,1-2H3/b8-7+;. The largest absolute Gasteiger partial charge is 0.466 e. The van der Waals surface area contributed by atoms with Crippen LogP contribution in [0.1, 0.15) is 19.4 Å². The Morgan fingerprint density at radius 2 is 1.82 bits per heavy atom. The van der Waals surface area contributed by atoms with Crippen LogP contribution in [0.15, 0.2) is 36.4 Å². The summed E-state index contributed by atoms with van der Waals surface area (Å²) in [5, 5.41) is 3.11. The molecule has 0 fully saturated rings. The Balaban J connectivity index is 0.000000437. The molecule has 0 unspecified atom stereocenters. The van der Waals surface area contributed by atoms with Crippen molar-refractivity contribution in [3.63, 3.8) is 0 Å². The van der Waals surface area contributed by atoms with E-state index in [-0.39, 0.29) is 5.97 Å². The number of nitrogens with one attached hydrogen (secondary N) is 1. The minimum Gasteiger partial charge on any atom is -0.466 e. The van der Waals surface area contributed by atoms with Crippen LogP contribution in [0.2, 0.25) is 0 Å². The number of esters is 1. The van der Waals surface area contributed by atoms with Crippen molar-refractivity contribution in [3.8, 4) is 0 Å². The van der Waals surface area contributed by atoms with E-state index in [1.807, 2.05) is 30.3 Å². The third kappa shape index (κ3) is 9.33. The predicted octanol–water partition coefficient (Wildman–Crippen LogP) is 2.49. The van der Waals surface area contributed by atoms with Gasteiger partial charge in [0.2, 0.25) is 0 Å². The molecule has 1 N–H and O–H groups in total. The smallest absolute Gasteiger partial charge is 0.330 e. The molecule has 0 radical (unpaired) electrons. The number of carbonyl (C=O) groups is 1. The van der Waals surface area contributed by atoms with Crippen LogP contribution in [0.25, 0.3) is 6.08 Å². The molecule has 0 amide bonds. The second-order valence-corrected chi connectivity index (χ2v) is 3.22. The molecule has 0 aliphatic heterocycles. The van der Waals surface area contributed by atoms with Gasteiger partial charge in [0.1, 0.15) is 0 Å². The summed E-state index contributed by atoms with van der Waals surface area (Å²) in [4.78, 5) is 10.7. The number of methoxy groups -OCH3 is 1. The lowest BCUT2D eigenvalue weighted by Gasteiger charge is -1.91. The highest BCUT2D eigenvalue weighted by molar-refractivity contribution is 5.86. The molecule has 1 rings (SSSR count). The van der Waals surface area contributed by atoms with Crippen LogP contribution in [-0.2, 0) is 9.53 Å². The molecule has 0 aromatic heterocycles. The fourth-order valence-electron chi connectivity index (χ4n) is 1.05. The van der Waals surface area contributed by atoms with Crippen molar-refractivity contribution in [1.82, 2.24) is 5.32 Å². The molecule has 94 valence electrons. The van der Waals surface area contributed by atoms with Gasteiger partial charge in [-0.2, -0.15) is 0 Å². The number of ether oxygens (including phenoxy) is 1. The molecule has 17 heavy (non-hydrogen) atoms. The summed E-state index contributed by atoms with van der Waals surface area (Å²) < 4.78 is 4.45. The fraction of sp³-hybridized carbons (Fsp3) is 0.357. The van der Waals surface area contributed by atoms with Gasteiger partial charge in [-0.1, -0.05) is 44.2 Å². The number of rotatable bonds is 4. The molecule has 0 heterocycles. The molecular weight excluding hydrogens is 214 g/mol. The van der Waals surface area contributed by atoms with E-state index in [1.165, 1.54) is 13.2 Å². The number of hydrogen-bond donors (Lipinski definition) is 1. The van der Waals surface area contributed by atoms with Crippen molar-refractivity contribution >= 4 is 12.0 Å². The third-order valence-corrected chi connectivity index (χ3v) is 1.91. The van der Waals surface area contributed by atoms with Gasteiger partial charge in [0.05, 0.1) is 7.11 Å². The molecule has 0 aliphatic carbocycles. The zero-order valence-corrected chi connectivity index (χ0v) is 10.8. The predicted molar refractivity (Wildman–Crippen MR) is 71.7 cm³/mol. The highest BCUT2D eigenvalue weighted by Gasteiger charge is 1.89. The van der Waals surface area contributed by atoms with E-state index in [2.05, 4.69) is 23.9 Å². The maximum atomic E-state index is 10.7. The van der Waals surface area contributed by atoms with Crippen LogP contribution < -0.4 is 5.32 Å². The first kappa shape index (κ1) is 15.4. The number of benzene rings is 1. The van der Waals surface area contributed by atoms with Gasteiger partial charge in [-0.25, -0.2) is 4.79 Å². The van der Waals surface area contributed by atoms with Crippen LogP contribution >= 0.6 is 0 Å². The van der Waals surface area contributed by atoms with Crippen molar-refractivity contribution < 1.29 is 9.53 Å². The molecule has 0 bridgehead atoms. The van der Waals surface area contributed by atoms with E-state index in [0.29, 0.717) is 0 Å². The second kappa shape index (κ2) is 10.9. The van der Waals surface area contributed by atoms with Crippen LogP contribution in [-0.4, -0.2) is 26.2 Å². The van der Waals surface area contributed by atoms with E-state index < -0.39 is 0 Å². The van der Waals surface area contributed by atoms with Crippen molar-refractivity contribution in [2.24, 2.45) is 0 Å². The van der Waals surface area contributed by atoms with Crippen molar-refractivity contribution in [2.75, 3.05) is 20.2 Å². The molecule has 0 atom stereocenters. The van der Waals surface area contributed by atoms with Gasteiger partial charge in [0, 0.05) is 6.08 Å². The Morgan fingerprint density at radius 1 is 1.24 bits per heavy atom. The molecule has 1 aromatic carbocycles. The molecule has 0 aliphatic rings. The zero-order valence-electron chi connectivity index (χ0n) is 10.8. The van der Waals surface area contributed by atoms with Crippen LogP contribution in [0, 0.1) is 0 Å². The lowest BCUT2D eigenvalue weighted by Crippen LogP contribution is -2.09. The Hall–Kier alpha value is -1.61. The lowest BCUT2D eigenvalue weighted by molar-refractivity contribution is -0.134. The highest BCUT2D eigenvalue weighted by atomic mass is 16.5. The minimum atomic E-state index is -0.334. The van der Waals surface area contributed by atoms with E-state index in [4.69, 9.17) is 0 Å². The van der Waals surface area contributed by atoms with Gasteiger partial charge in [0.15, 0.2) is 0 Å². The zero-order chi connectivity index (χ0) is 12.9. The van der Waals surface area contributed by atoms with E-state index in [1.54, 1.807) is 6.08 Å². The summed E-state index contributed by atoms with van der Waals surface area (Å²) in [6, 6.07) is 9.59. The first-order valence-corrected chi connectivity index (χ1v) is 5.76. The summed E-state index contributed by atoms with van der Waals surface area (Å²) in [7, 11) is 1.36. The van der Waals surface area contributed by atoms with Crippen molar-refractivity contribution in [1.29, 1.82) is 0 Å². The van der Waals surface area contributed by atoms with Gasteiger partial charge in [-0.3, -0.25) is 0 Å². The van der Waals surface area contributed by atoms with Crippen LogP contribution in [0.4, 0.5) is 0 Å². The Labute approximate surface area is 103 Å². The maximum absolute atomic E-state index is 10.7. The summed E-state index contributed by atoms with van der Waals surface area (Å²) in [6.07, 6.45) is 3.11. The minimum absolute atomic E-state index is 0.334. The van der Waals surface area contributed by atoms with Gasteiger partial charge < -0.3 is 10.1 Å². The van der Waals surface area contributed by atoms with E-state index in [0.717, 1.165) is 18.7 Å². The lowest BCUT2D eigenvalue weighted by atomic mass is 10.2.